The van der Waals surface area contributed by atoms with Crippen LogP contribution in [0.4, 0.5) is 0 Å². The van der Waals surface area contributed by atoms with Gasteiger partial charge in [-0.15, -0.1) is 10.2 Å². The molecule has 0 fully saturated rings. The fourth-order valence-corrected chi connectivity index (χ4v) is 2.52. The molecule has 2 aromatic rings. The van der Waals surface area contributed by atoms with Gasteiger partial charge in [-0.05, 0) is 0 Å². The smallest absolute Gasteiger partial charge is 0.350 e. The fraction of sp³-hybridized carbons (Fsp3) is 0.167. The zero-order valence-electron chi connectivity index (χ0n) is 8.04. The number of carboxylic acids is 1. The summed E-state index contributed by atoms with van der Waals surface area (Å²) in [7, 11) is 0. The van der Waals surface area contributed by atoms with Crippen molar-refractivity contribution < 1.29 is 9.90 Å². The molecule has 0 aliphatic rings. The van der Waals surface area contributed by atoms with Crippen LogP contribution in [-0.2, 0) is 4.79 Å². The van der Waals surface area contributed by atoms with Gasteiger partial charge in [-0.2, -0.15) is 4.57 Å². The first kappa shape index (κ1) is 11.6. The van der Waals surface area contributed by atoms with Gasteiger partial charge >= 0.3 is 17.3 Å². The van der Waals surface area contributed by atoms with Crippen molar-refractivity contribution in [1.82, 2.24) is 25.0 Å². The first-order valence-electron chi connectivity index (χ1n) is 4.16. The predicted octanol–water partition coefficient (Wildman–Crippen LogP) is -1.12. The summed E-state index contributed by atoms with van der Waals surface area (Å²) in [4.78, 5) is 32.8. The number of carboxylic acid groups (broad SMARTS) is 1. The summed E-state index contributed by atoms with van der Waals surface area (Å²) in [6, 6.07) is 0. The number of hydrogen-bond donors (Lipinski definition) is 3. The molecule has 0 radical (unpaired) electrons. The van der Waals surface area contributed by atoms with Gasteiger partial charge in [0, 0.05) is 0 Å². The number of aromatic nitrogens is 5. The molecule has 90 valence electrons. The first-order valence-corrected chi connectivity index (χ1v) is 5.96. The van der Waals surface area contributed by atoms with Crippen molar-refractivity contribution in [3.63, 3.8) is 0 Å². The van der Waals surface area contributed by atoms with Crippen LogP contribution in [0, 0.1) is 0 Å². The largest absolute Gasteiger partial charge is 0.481 e. The monoisotopic (exact) mass is 275 g/mol. The van der Waals surface area contributed by atoms with Crippen LogP contribution in [0.5, 0.6) is 0 Å². The number of aromatic amines is 2. The number of nitrogens with zero attached hydrogens (tertiary/aromatic N) is 3. The summed E-state index contributed by atoms with van der Waals surface area (Å²) >= 11 is 1.93. The van der Waals surface area contributed by atoms with Crippen LogP contribution in [0.25, 0.3) is 5.13 Å². The number of rotatable bonds is 4. The van der Waals surface area contributed by atoms with Crippen LogP contribution < -0.4 is 11.4 Å². The molecule has 0 aliphatic carbocycles. The number of aliphatic carboxylic acids is 1. The van der Waals surface area contributed by atoms with Crippen molar-refractivity contribution in [2.24, 2.45) is 0 Å². The molecule has 0 unspecified atom stereocenters. The van der Waals surface area contributed by atoms with E-state index < -0.39 is 17.3 Å². The number of thioether (sulfide) groups is 1. The molecular weight excluding hydrogens is 270 g/mol. The summed E-state index contributed by atoms with van der Waals surface area (Å²) in [5, 5.41) is 20.1. The lowest BCUT2D eigenvalue weighted by molar-refractivity contribution is -0.133. The zero-order valence-corrected chi connectivity index (χ0v) is 9.67. The minimum absolute atomic E-state index is 0.0883. The molecule has 9 nitrogen and oxygen atoms in total. The molecule has 2 aromatic heterocycles. The van der Waals surface area contributed by atoms with E-state index in [1.165, 1.54) is 0 Å². The molecule has 0 bridgehead atoms. The van der Waals surface area contributed by atoms with E-state index in [0.29, 0.717) is 4.34 Å². The van der Waals surface area contributed by atoms with Gasteiger partial charge in [-0.25, -0.2) is 19.8 Å². The number of carbonyl (C=O) groups is 1. The fourth-order valence-electron chi connectivity index (χ4n) is 0.959. The molecule has 2 heterocycles. The molecular formula is C6H5N5O4S2. The third kappa shape index (κ3) is 2.45. The summed E-state index contributed by atoms with van der Waals surface area (Å²) in [5.74, 6) is -1.14. The van der Waals surface area contributed by atoms with Crippen LogP contribution in [-0.4, -0.2) is 41.8 Å². The molecule has 0 spiro atoms. The van der Waals surface area contributed by atoms with Gasteiger partial charge < -0.3 is 5.11 Å². The van der Waals surface area contributed by atoms with Crippen molar-refractivity contribution >= 4 is 29.1 Å². The van der Waals surface area contributed by atoms with Crippen molar-refractivity contribution in [3.05, 3.63) is 21.0 Å². The standard InChI is InChI=1S/C6H5N5O4S2/c12-2(13)1-16-6-10-9-5(17-6)11-3(14)7-8-4(11)15/h1H2,(H,7,14)(H,8,15)(H,12,13). The Morgan fingerprint density at radius 2 is 2.00 bits per heavy atom. The lowest BCUT2D eigenvalue weighted by Crippen LogP contribution is -2.24. The summed E-state index contributed by atoms with van der Waals surface area (Å²) < 4.78 is 1.15. The Labute approximate surface area is 100 Å². The third-order valence-corrected chi connectivity index (χ3v) is 3.62. The summed E-state index contributed by atoms with van der Waals surface area (Å²) in [5.41, 5.74) is -1.30. The maximum atomic E-state index is 11.2. The van der Waals surface area contributed by atoms with Crippen molar-refractivity contribution in [2.75, 3.05) is 5.75 Å². The van der Waals surface area contributed by atoms with Gasteiger partial charge in [-0.1, -0.05) is 23.1 Å². The molecule has 0 aliphatic heterocycles. The van der Waals surface area contributed by atoms with Crippen LogP contribution in [0.3, 0.4) is 0 Å². The Hall–Kier alpha value is -1.88. The van der Waals surface area contributed by atoms with E-state index in [4.69, 9.17) is 5.11 Å². The molecule has 0 saturated carbocycles. The highest BCUT2D eigenvalue weighted by Crippen LogP contribution is 2.22. The van der Waals surface area contributed by atoms with Gasteiger partial charge in [0.2, 0.25) is 5.13 Å². The van der Waals surface area contributed by atoms with Gasteiger partial charge in [-0.3, -0.25) is 4.79 Å². The van der Waals surface area contributed by atoms with E-state index >= 15 is 0 Å². The maximum Gasteiger partial charge on any atom is 0.350 e. The Kier molecular flexibility index (Phi) is 3.10. The van der Waals surface area contributed by atoms with E-state index in [0.717, 1.165) is 27.7 Å². The Morgan fingerprint density at radius 3 is 2.59 bits per heavy atom. The molecule has 11 heteroatoms. The highest BCUT2D eigenvalue weighted by atomic mass is 32.2. The average Bonchev–Trinajstić information content (AvgIpc) is 2.83. The SMILES string of the molecule is O=C(O)CSc1nnc(-n2c(=O)[nH][nH]c2=O)s1. The van der Waals surface area contributed by atoms with Crippen LogP contribution in [0.1, 0.15) is 0 Å². The van der Waals surface area contributed by atoms with E-state index in [2.05, 4.69) is 20.4 Å². The molecule has 3 N–H and O–H groups in total. The molecule has 2 rings (SSSR count). The number of H-pyrrole nitrogens is 2. The summed E-state index contributed by atoms with van der Waals surface area (Å²) in [6.07, 6.45) is 0. The quantitative estimate of drug-likeness (QED) is 0.602. The van der Waals surface area contributed by atoms with E-state index in [9.17, 15) is 14.4 Å². The average molecular weight is 275 g/mol. The van der Waals surface area contributed by atoms with Gasteiger partial charge in [0.25, 0.3) is 0 Å². The molecule has 0 atom stereocenters. The van der Waals surface area contributed by atoms with E-state index in [1.807, 2.05) is 0 Å². The number of hydrogen-bond acceptors (Lipinski definition) is 7. The van der Waals surface area contributed by atoms with Gasteiger partial charge in [0.1, 0.15) is 0 Å². The Morgan fingerprint density at radius 1 is 1.35 bits per heavy atom. The van der Waals surface area contributed by atoms with Crippen LogP contribution in [0.15, 0.2) is 13.9 Å². The van der Waals surface area contributed by atoms with E-state index in [1.54, 1.807) is 0 Å². The first-order chi connectivity index (χ1) is 8.08. The van der Waals surface area contributed by atoms with Crippen LogP contribution >= 0.6 is 23.1 Å². The molecule has 0 saturated heterocycles. The minimum Gasteiger partial charge on any atom is -0.481 e. The lowest BCUT2D eigenvalue weighted by Gasteiger charge is -1.89. The predicted molar refractivity (Wildman–Crippen MR) is 58.8 cm³/mol. The normalized spacial score (nSPS) is 10.6. The van der Waals surface area contributed by atoms with Crippen molar-refractivity contribution in [2.45, 2.75) is 4.34 Å². The van der Waals surface area contributed by atoms with Gasteiger partial charge in [0.15, 0.2) is 4.34 Å². The molecule has 0 amide bonds. The van der Waals surface area contributed by atoms with Gasteiger partial charge in [0.05, 0.1) is 5.75 Å². The zero-order chi connectivity index (χ0) is 12.4. The number of nitrogens with one attached hydrogen (secondary N) is 2. The van der Waals surface area contributed by atoms with Crippen molar-refractivity contribution in [3.8, 4) is 5.13 Å². The van der Waals surface area contributed by atoms with Crippen molar-refractivity contribution in [1.29, 1.82) is 0 Å². The lowest BCUT2D eigenvalue weighted by atomic mass is 10.8. The Balaban J connectivity index is 2.27. The molecule has 0 aromatic carbocycles. The summed E-state index contributed by atoms with van der Waals surface area (Å²) in [6.45, 7) is 0. The topological polar surface area (TPSA) is 134 Å². The second-order valence-corrected chi connectivity index (χ2v) is 4.91. The highest BCUT2D eigenvalue weighted by Gasteiger charge is 2.12. The second-order valence-electron chi connectivity index (χ2n) is 2.73. The maximum absolute atomic E-state index is 11.2. The highest BCUT2D eigenvalue weighted by molar-refractivity contribution is 8.01. The minimum atomic E-state index is -0.983. The third-order valence-electron chi connectivity index (χ3n) is 1.59. The Bertz CT molecular complexity index is 624. The van der Waals surface area contributed by atoms with Crippen LogP contribution in [0.2, 0.25) is 0 Å². The molecule has 17 heavy (non-hydrogen) atoms. The second kappa shape index (κ2) is 4.55. The van der Waals surface area contributed by atoms with E-state index in [-0.39, 0.29) is 10.9 Å².